The van der Waals surface area contributed by atoms with Gasteiger partial charge in [-0.25, -0.2) is 4.52 Å². The van der Waals surface area contributed by atoms with E-state index in [1.807, 2.05) is 43.3 Å². The van der Waals surface area contributed by atoms with Crippen molar-refractivity contribution in [1.29, 1.82) is 0 Å². The number of hydrogen-bond acceptors (Lipinski definition) is 3. The zero-order chi connectivity index (χ0) is 17.9. The summed E-state index contributed by atoms with van der Waals surface area (Å²) in [7, 11) is -3.00. The van der Waals surface area contributed by atoms with Crippen LogP contribution in [0.4, 0.5) is 0 Å². The van der Waals surface area contributed by atoms with E-state index >= 15 is 0 Å². The maximum absolute atomic E-state index is 14.2. The van der Waals surface area contributed by atoms with E-state index in [1.165, 1.54) is 5.56 Å². The fraction of sp³-hybridized carbons (Fsp3) is 0.429. The van der Waals surface area contributed by atoms with E-state index in [4.69, 9.17) is 4.52 Å². The first-order valence-corrected chi connectivity index (χ1v) is 10.8. The molecule has 3 atom stereocenters. The molecule has 1 saturated heterocycles. The Bertz CT molecular complexity index is 664. The first-order chi connectivity index (χ1) is 12.0. The van der Waals surface area contributed by atoms with Crippen molar-refractivity contribution in [2.24, 2.45) is 0 Å². The zero-order valence-corrected chi connectivity index (χ0v) is 16.2. The van der Waals surface area contributed by atoms with Gasteiger partial charge in [-0.1, -0.05) is 60.7 Å². The van der Waals surface area contributed by atoms with Gasteiger partial charge in [0.15, 0.2) is 7.87 Å². The minimum atomic E-state index is -3.00. The molecule has 0 radical (unpaired) electrons. The van der Waals surface area contributed by atoms with Gasteiger partial charge < -0.3 is 4.89 Å². The highest BCUT2D eigenvalue weighted by molar-refractivity contribution is 7.62. The van der Waals surface area contributed by atoms with Crippen molar-refractivity contribution in [2.45, 2.75) is 51.4 Å². The van der Waals surface area contributed by atoms with Gasteiger partial charge in [-0.2, -0.15) is 4.67 Å². The van der Waals surface area contributed by atoms with Crippen LogP contribution in [0.2, 0.25) is 0 Å². The van der Waals surface area contributed by atoms with Crippen LogP contribution in [0.1, 0.15) is 44.0 Å². The van der Waals surface area contributed by atoms with Crippen LogP contribution in [-0.4, -0.2) is 23.4 Å². The fourth-order valence-electron chi connectivity index (χ4n) is 3.59. The van der Waals surface area contributed by atoms with Gasteiger partial charge in [0.25, 0.3) is 0 Å². The molecule has 0 aromatic heterocycles. The van der Waals surface area contributed by atoms with E-state index in [1.54, 1.807) is 0 Å². The molecule has 25 heavy (non-hydrogen) atoms. The molecule has 3 rings (SSSR count). The molecule has 0 bridgehead atoms. The number of nitrogens with zero attached hydrogens (tertiary/aromatic N) is 1. The molecule has 1 unspecified atom stereocenters. The predicted octanol–water partition coefficient (Wildman–Crippen LogP) is 4.61. The summed E-state index contributed by atoms with van der Waals surface area (Å²) in [4.78, 5) is 14.2. The van der Waals surface area contributed by atoms with Crippen molar-refractivity contribution in [3.63, 3.8) is 0 Å². The molecule has 0 saturated carbocycles. The van der Waals surface area contributed by atoms with Gasteiger partial charge in [-0.15, -0.1) is 0 Å². The van der Waals surface area contributed by atoms with Gasteiger partial charge in [0, 0.05) is 19.0 Å². The van der Waals surface area contributed by atoms with Crippen molar-refractivity contribution < 1.29 is 9.42 Å². The Morgan fingerprint density at radius 2 is 1.68 bits per heavy atom. The maximum atomic E-state index is 14.2. The van der Waals surface area contributed by atoms with Crippen molar-refractivity contribution in [2.75, 3.05) is 6.54 Å². The van der Waals surface area contributed by atoms with E-state index in [9.17, 15) is 4.89 Å². The standard InChI is InChI=1S/C21H28NO2P/c1-17(2)22-15-14-18(3)24-25(22,23)21(20-12-8-5-9-13-20)16-19-10-6-4-7-11-19/h4-13,17-18,21H,14-16H2,1-3H3/t18-,21-,25?/m1/s1. The van der Waals surface area contributed by atoms with Gasteiger partial charge in [-0.05, 0) is 38.3 Å². The second kappa shape index (κ2) is 7.97. The lowest BCUT2D eigenvalue weighted by Crippen LogP contribution is -2.46. The molecule has 1 heterocycles. The van der Waals surface area contributed by atoms with Gasteiger partial charge in [0.05, 0.1) is 0 Å². The van der Waals surface area contributed by atoms with Crippen LogP contribution < -0.4 is 4.89 Å². The lowest BCUT2D eigenvalue weighted by Gasteiger charge is -2.49. The Labute approximate surface area is 152 Å². The molecule has 1 aliphatic rings. The van der Waals surface area contributed by atoms with Crippen LogP contribution in [0, 0.1) is 0 Å². The highest BCUT2D eigenvalue weighted by Crippen LogP contribution is 2.70. The molecule has 0 N–H and O–H groups in total. The van der Waals surface area contributed by atoms with Gasteiger partial charge >= 0.3 is 0 Å². The summed E-state index contributed by atoms with van der Waals surface area (Å²) >= 11 is 0. The fourth-order valence-corrected chi connectivity index (χ4v) is 6.87. The smallest absolute Gasteiger partial charge is 0.182 e. The summed E-state index contributed by atoms with van der Waals surface area (Å²) in [5, 5.41) is 0. The summed E-state index contributed by atoms with van der Waals surface area (Å²) in [6.07, 6.45) is 1.68. The minimum absolute atomic E-state index is 0.0304. The van der Waals surface area contributed by atoms with Crippen LogP contribution >= 0.6 is 7.87 Å². The molecule has 0 spiro atoms. The first kappa shape index (κ1) is 18.5. The van der Waals surface area contributed by atoms with Crippen LogP contribution in [0.3, 0.4) is 0 Å². The number of rotatable bonds is 5. The molecule has 0 aliphatic carbocycles. The Kier molecular flexibility index (Phi) is 5.91. The predicted molar refractivity (Wildman–Crippen MR) is 103 cm³/mol. The molecule has 0 amide bonds. The average Bonchev–Trinajstić information content (AvgIpc) is 2.61. The van der Waals surface area contributed by atoms with E-state index < -0.39 is 7.87 Å². The topological polar surface area (TPSA) is 35.5 Å². The van der Waals surface area contributed by atoms with Crippen LogP contribution in [0.15, 0.2) is 60.7 Å². The third kappa shape index (κ3) is 4.12. The lowest BCUT2D eigenvalue weighted by molar-refractivity contribution is -0.220. The summed E-state index contributed by atoms with van der Waals surface area (Å²) in [6.45, 7) is 7.08. The van der Waals surface area contributed by atoms with E-state index in [-0.39, 0.29) is 17.8 Å². The summed E-state index contributed by atoms with van der Waals surface area (Å²) in [6, 6.07) is 20.7. The lowest BCUT2D eigenvalue weighted by atomic mass is 10.0. The van der Waals surface area contributed by atoms with Crippen molar-refractivity contribution >= 4 is 7.87 Å². The Morgan fingerprint density at radius 3 is 2.28 bits per heavy atom. The molecule has 3 nitrogen and oxygen atoms in total. The van der Waals surface area contributed by atoms with Crippen LogP contribution in [0.25, 0.3) is 0 Å². The third-order valence-corrected chi connectivity index (χ3v) is 8.21. The molecule has 2 aromatic rings. The Hall–Kier alpha value is -1.25. The largest absolute Gasteiger partial charge is 0.641 e. The summed E-state index contributed by atoms with van der Waals surface area (Å²) in [5.41, 5.74) is 2.13. The number of benzene rings is 2. The third-order valence-electron chi connectivity index (χ3n) is 4.90. The SMILES string of the molecule is CC(C)N1CC[C@@H](C)O[P+]1([O-])[C@H](Cc1ccccc1)c1ccccc1. The normalized spacial score (nSPS) is 25.9. The van der Waals surface area contributed by atoms with Crippen LogP contribution in [-0.2, 0) is 10.9 Å². The van der Waals surface area contributed by atoms with Crippen molar-refractivity contribution in [3.8, 4) is 0 Å². The molecular weight excluding hydrogens is 329 g/mol. The molecule has 134 valence electrons. The molecule has 4 heteroatoms. The first-order valence-electron chi connectivity index (χ1n) is 9.15. The second-order valence-corrected chi connectivity index (χ2v) is 9.62. The molecule has 1 fully saturated rings. The highest BCUT2D eigenvalue weighted by Gasteiger charge is 2.50. The molecule has 2 aromatic carbocycles. The molecular formula is C21H28NO2P. The Morgan fingerprint density at radius 1 is 1.08 bits per heavy atom. The Balaban J connectivity index is 2.02. The van der Waals surface area contributed by atoms with Crippen molar-refractivity contribution in [3.05, 3.63) is 71.8 Å². The summed E-state index contributed by atoms with van der Waals surface area (Å²) in [5.74, 6) is 0. The van der Waals surface area contributed by atoms with Gasteiger partial charge in [0.2, 0.25) is 0 Å². The van der Waals surface area contributed by atoms with Gasteiger partial charge in [-0.3, -0.25) is 0 Å². The van der Waals surface area contributed by atoms with E-state index in [0.29, 0.717) is 0 Å². The monoisotopic (exact) mass is 357 g/mol. The molecule has 1 aliphatic heterocycles. The quantitative estimate of drug-likeness (QED) is 0.733. The maximum Gasteiger partial charge on any atom is 0.182 e. The van der Waals surface area contributed by atoms with Crippen LogP contribution in [0.5, 0.6) is 0 Å². The minimum Gasteiger partial charge on any atom is -0.641 e. The average molecular weight is 357 g/mol. The highest BCUT2D eigenvalue weighted by atomic mass is 31.2. The van der Waals surface area contributed by atoms with E-state index in [2.05, 4.69) is 42.8 Å². The number of hydrogen-bond donors (Lipinski definition) is 0. The van der Waals surface area contributed by atoms with Crippen molar-refractivity contribution in [1.82, 2.24) is 4.67 Å². The van der Waals surface area contributed by atoms with Gasteiger partial charge in [0.1, 0.15) is 11.8 Å². The van der Waals surface area contributed by atoms with E-state index in [0.717, 1.165) is 24.9 Å². The second-order valence-electron chi connectivity index (χ2n) is 7.14. The zero-order valence-electron chi connectivity index (χ0n) is 15.3. The summed E-state index contributed by atoms with van der Waals surface area (Å²) < 4.78 is 8.32.